The summed E-state index contributed by atoms with van der Waals surface area (Å²) >= 11 is 0. The zero-order valence-electron chi connectivity index (χ0n) is 26.1. The van der Waals surface area contributed by atoms with Gasteiger partial charge in [0.15, 0.2) is 0 Å². The maximum atomic E-state index is 13.0. The Bertz CT molecular complexity index is 983. The third-order valence-electron chi connectivity index (χ3n) is 8.34. The Morgan fingerprint density at radius 1 is 1.05 bits per heavy atom. The number of aliphatic hydroxyl groups is 1. The first kappa shape index (κ1) is 33.6. The van der Waals surface area contributed by atoms with E-state index < -0.39 is 24.3 Å². The number of cyclic esters (lactones) is 1. The molecule has 6 atom stereocenters. The predicted molar refractivity (Wildman–Crippen MR) is 161 cm³/mol. The van der Waals surface area contributed by atoms with Crippen molar-refractivity contribution < 1.29 is 33.7 Å². The molecule has 0 saturated carbocycles. The van der Waals surface area contributed by atoms with Crippen molar-refractivity contribution in [3.8, 4) is 0 Å². The van der Waals surface area contributed by atoms with E-state index in [2.05, 4.69) is 4.90 Å². The average Bonchev–Trinajstić information content (AvgIpc) is 3.50. The standard InChI is InChI=1S/C32H51N3O7/c1-23(22-40-31(38)34-15-6-7-16-34)9-8-10-25(3)30-26(4)12-14-28(24(2)11-13-27(36)21-29(37)42-30)41-32(39)35-19-17-33(5)18-20-35/h8-10,12,14,23-24,26-28,30,36H,6-7,11,13,15-22H2,1-5H3/b9-8+,14-12+,25-10+/t23?,24-,26+,27+,28+,30-/m1/s1. The van der Waals surface area contributed by atoms with Gasteiger partial charge in [0.05, 0.1) is 19.1 Å². The van der Waals surface area contributed by atoms with Gasteiger partial charge in [-0.1, -0.05) is 45.1 Å². The Morgan fingerprint density at radius 3 is 2.40 bits per heavy atom. The zero-order valence-corrected chi connectivity index (χ0v) is 26.1. The molecule has 10 heteroatoms. The van der Waals surface area contributed by atoms with E-state index in [-0.39, 0.29) is 36.4 Å². The Labute approximate surface area is 251 Å². The number of hydrogen-bond acceptors (Lipinski definition) is 8. The Balaban J connectivity index is 1.67. The van der Waals surface area contributed by atoms with Crippen LogP contribution in [0.1, 0.15) is 59.8 Å². The monoisotopic (exact) mass is 589 g/mol. The van der Waals surface area contributed by atoms with E-state index in [1.165, 1.54) is 0 Å². The molecule has 42 heavy (non-hydrogen) atoms. The Kier molecular flexibility index (Phi) is 13.4. The third kappa shape index (κ3) is 10.8. The molecule has 3 rings (SSSR count). The fraction of sp³-hybridized carbons (Fsp3) is 0.719. The van der Waals surface area contributed by atoms with Crippen LogP contribution >= 0.6 is 0 Å². The van der Waals surface area contributed by atoms with Crippen LogP contribution in [0.4, 0.5) is 9.59 Å². The molecular weight excluding hydrogens is 538 g/mol. The second kappa shape index (κ2) is 16.7. The van der Waals surface area contributed by atoms with Crippen LogP contribution in [0, 0.1) is 17.8 Å². The maximum absolute atomic E-state index is 13.0. The lowest BCUT2D eigenvalue weighted by molar-refractivity contribution is -0.151. The summed E-state index contributed by atoms with van der Waals surface area (Å²) in [6.45, 7) is 12.5. The van der Waals surface area contributed by atoms with Crippen LogP contribution < -0.4 is 0 Å². The maximum Gasteiger partial charge on any atom is 0.410 e. The first-order valence-corrected chi connectivity index (χ1v) is 15.5. The summed E-state index contributed by atoms with van der Waals surface area (Å²) in [5, 5.41) is 10.5. The minimum atomic E-state index is -0.832. The fourth-order valence-corrected chi connectivity index (χ4v) is 5.37. The quantitative estimate of drug-likeness (QED) is 0.210. The van der Waals surface area contributed by atoms with Crippen molar-refractivity contribution >= 4 is 18.2 Å². The Morgan fingerprint density at radius 2 is 1.71 bits per heavy atom. The lowest BCUT2D eigenvalue weighted by Gasteiger charge is -2.33. The van der Waals surface area contributed by atoms with E-state index in [0.29, 0.717) is 32.5 Å². The summed E-state index contributed by atoms with van der Waals surface area (Å²) in [7, 11) is 2.04. The molecule has 1 N–H and O–H groups in total. The molecule has 3 heterocycles. The highest BCUT2D eigenvalue weighted by Crippen LogP contribution is 2.25. The number of nitrogens with zero attached hydrogens (tertiary/aromatic N) is 3. The summed E-state index contributed by atoms with van der Waals surface area (Å²) in [6, 6.07) is 0. The zero-order chi connectivity index (χ0) is 30.6. The molecule has 2 fully saturated rings. The van der Waals surface area contributed by atoms with Crippen LogP contribution in [-0.2, 0) is 19.0 Å². The normalized spacial score (nSPS) is 30.3. The second-order valence-electron chi connectivity index (χ2n) is 12.2. The minimum Gasteiger partial charge on any atom is -0.457 e. The molecule has 2 saturated heterocycles. The molecule has 0 aromatic rings. The lowest BCUT2D eigenvalue weighted by Crippen LogP contribution is -2.48. The third-order valence-corrected chi connectivity index (χ3v) is 8.34. The number of carbonyl (C=O) groups excluding carboxylic acids is 3. The van der Waals surface area contributed by atoms with Gasteiger partial charge < -0.3 is 34.0 Å². The molecule has 236 valence electrons. The number of rotatable bonds is 6. The molecule has 10 nitrogen and oxygen atoms in total. The first-order valence-electron chi connectivity index (χ1n) is 15.5. The second-order valence-corrected chi connectivity index (χ2v) is 12.2. The fourth-order valence-electron chi connectivity index (χ4n) is 5.37. The van der Waals surface area contributed by atoms with E-state index in [1.54, 1.807) is 9.80 Å². The summed E-state index contributed by atoms with van der Waals surface area (Å²) in [5.74, 6) is -0.665. The van der Waals surface area contributed by atoms with Crippen molar-refractivity contribution in [2.45, 2.75) is 78.1 Å². The molecule has 2 amide bonds. The summed E-state index contributed by atoms with van der Waals surface area (Å²) in [6.07, 6.45) is 10.1. The van der Waals surface area contributed by atoms with E-state index in [9.17, 15) is 19.5 Å². The lowest BCUT2D eigenvalue weighted by atomic mass is 9.92. The van der Waals surface area contributed by atoms with Gasteiger partial charge in [-0.25, -0.2) is 9.59 Å². The highest BCUT2D eigenvalue weighted by atomic mass is 16.6. The van der Waals surface area contributed by atoms with E-state index in [0.717, 1.165) is 44.6 Å². The van der Waals surface area contributed by atoms with Crippen molar-refractivity contribution in [3.63, 3.8) is 0 Å². The topological polar surface area (TPSA) is 109 Å². The van der Waals surface area contributed by atoms with Gasteiger partial charge in [-0.2, -0.15) is 0 Å². The number of ether oxygens (including phenoxy) is 3. The molecule has 1 unspecified atom stereocenters. The van der Waals surface area contributed by atoms with Crippen LogP contribution in [0.25, 0.3) is 0 Å². The molecule has 0 spiro atoms. The molecule has 0 aliphatic carbocycles. The molecule has 0 radical (unpaired) electrons. The van der Waals surface area contributed by atoms with Gasteiger partial charge in [0.25, 0.3) is 0 Å². The number of aliphatic hydroxyl groups excluding tert-OH is 1. The van der Waals surface area contributed by atoms with Gasteiger partial charge in [-0.05, 0) is 57.2 Å². The van der Waals surface area contributed by atoms with Crippen LogP contribution in [-0.4, -0.2) is 109 Å². The SMILES string of the molecule is C/C(=C\C=C\C(C)COC(=O)N1CCCC1)[C@H]1OC(=O)C[C@@H](O)CC[C@@H](C)[C@@H](OC(=O)N2CCN(C)CC2)/C=C/[C@@H]1C. The van der Waals surface area contributed by atoms with Gasteiger partial charge in [0, 0.05) is 51.1 Å². The first-order chi connectivity index (χ1) is 20.0. The number of carbonyl (C=O) groups is 3. The van der Waals surface area contributed by atoms with E-state index >= 15 is 0 Å². The number of likely N-dealkylation sites (N-methyl/N-ethyl adjacent to an activating group) is 1. The predicted octanol–water partition coefficient (Wildman–Crippen LogP) is 4.40. The van der Waals surface area contributed by atoms with Gasteiger partial charge in [0.1, 0.15) is 12.2 Å². The summed E-state index contributed by atoms with van der Waals surface area (Å²) in [5.41, 5.74) is 0.837. The smallest absolute Gasteiger partial charge is 0.410 e. The number of piperazine rings is 1. The molecule has 0 aromatic carbocycles. The van der Waals surface area contributed by atoms with Gasteiger partial charge in [-0.3, -0.25) is 4.79 Å². The number of hydrogen-bond donors (Lipinski definition) is 1. The van der Waals surface area contributed by atoms with E-state index in [1.807, 2.05) is 65.1 Å². The van der Waals surface area contributed by atoms with Crippen LogP contribution in [0.15, 0.2) is 36.0 Å². The summed E-state index contributed by atoms with van der Waals surface area (Å²) in [4.78, 5) is 43.5. The highest BCUT2D eigenvalue weighted by Gasteiger charge is 2.29. The minimum absolute atomic E-state index is 0.0177. The van der Waals surface area contributed by atoms with Crippen LogP contribution in [0.5, 0.6) is 0 Å². The number of esters is 1. The van der Waals surface area contributed by atoms with Crippen LogP contribution in [0.3, 0.4) is 0 Å². The number of allylic oxidation sites excluding steroid dienone is 2. The van der Waals surface area contributed by atoms with Gasteiger partial charge >= 0.3 is 18.2 Å². The molecule has 0 bridgehead atoms. The average molecular weight is 590 g/mol. The molecule has 0 aromatic heterocycles. The number of amides is 2. The highest BCUT2D eigenvalue weighted by molar-refractivity contribution is 5.70. The Hall–Kier alpha value is -2.85. The van der Waals surface area contributed by atoms with Crippen molar-refractivity contribution in [3.05, 3.63) is 36.0 Å². The molecule has 3 aliphatic rings. The van der Waals surface area contributed by atoms with E-state index in [4.69, 9.17) is 14.2 Å². The van der Waals surface area contributed by atoms with Crippen molar-refractivity contribution in [1.29, 1.82) is 0 Å². The van der Waals surface area contributed by atoms with Crippen LogP contribution in [0.2, 0.25) is 0 Å². The number of likely N-dealkylation sites (tertiary alicyclic amines) is 1. The van der Waals surface area contributed by atoms with Gasteiger partial charge in [0.2, 0.25) is 0 Å². The molecule has 3 aliphatic heterocycles. The summed E-state index contributed by atoms with van der Waals surface area (Å²) < 4.78 is 17.3. The van der Waals surface area contributed by atoms with Crippen molar-refractivity contribution in [2.24, 2.45) is 17.8 Å². The van der Waals surface area contributed by atoms with Crippen molar-refractivity contribution in [2.75, 3.05) is 52.9 Å². The van der Waals surface area contributed by atoms with Crippen molar-refractivity contribution in [1.82, 2.24) is 14.7 Å². The largest absolute Gasteiger partial charge is 0.457 e. The molecular formula is C32H51N3O7. The van der Waals surface area contributed by atoms with Gasteiger partial charge in [-0.15, -0.1) is 0 Å².